The number of carboxylic acids is 1. The lowest BCUT2D eigenvalue weighted by molar-refractivity contribution is -0.142. The number of hydrogen-bond acceptors (Lipinski definition) is 4. The van der Waals surface area contributed by atoms with E-state index in [2.05, 4.69) is 16.0 Å². The molecule has 9 heteroatoms. The first-order valence-electron chi connectivity index (χ1n) is 11.0. The fourth-order valence-electron chi connectivity index (χ4n) is 3.79. The maximum absolute atomic E-state index is 13.4. The molecule has 0 radical (unpaired) electrons. The zero-order valence-electron chi connectivity index (χ0n) is 19.5. The van der Waals surface area contributed by atoms with Gasteiger partial charge in [-0.3, -0.25) is 14.5 Å². The van der Waals surface area contributed by atoms with Crippen molar-refractivity contribution in [1.29, 1.82) is 0 Å². The number of rotatable bonds is 8. The Bertz CT molecular complexity index is 868. The number of carboxylic acid groups (broad SMARTS) is 1. The van der Waals surface area contributed by atoms with Gasteiger partial charge in [-0.2, -0.15) is 0 Å². The van der Waals surface area contributed by atoms with Gasteiger partial charge in [-0.05, 0) is 36.3 Å². The van der Waals surface area contributed by atoms with E-state index < -0.39 is 36.0 Å². The van der Waals surface area contributed by atoms with Crippen LogP contribution >= 0.6 is 0 Å². The van der Waals surface area contributed by atoms with Gasteiger partial charge < -0.3 is 21.1 Å². The maximum atomic E-state index is 13.4. The number of anilines is 2. The second kappa shape index (κ2) is 10.5. The van der Waals surface area contributed by atoms with Crippen LogP contribution in [0.2, 0.25) is 0 Å². The molecule has 1 aromatic carbocycles. The van der Waals surface area contributed by atoms with E-state index in [1.807, 2.05) is 27.7 Å². The minimum Gasteiger partial charge on any atom is -0.480 e. The summed E-state index contributed by atoms with van der Waals surface area (Å²) in [6, 6.07) is 3.60. The molecule has 1 heterocycles. The number of carbonyl (C=O) groups excluding carboxylic acids is 3. The number of aliphatic carboxylic acids is 1. The van der Waals surface area contributed by atoms with Crippen LogP contribution in [0.15, 0.2) is 24.3 Å². The Hall–Kier alpha value is -3.10. The second-order valence-electron chi connectivity index (χ2n) is 9.27. The third-order valence-corrected chi connectivity index (χ3v) is 5.37. The third kappa shape index (κ3) is 5.77. The first kappa shape index (κ1) is 25.2. The average molecular weight is 447 g/mol. The van der Waals surface area contributed by atoms with Crippen LogP contribution in [0.1, 0.15) is 48.0 Å². The quantitative estimate of drug-likeness (QED) is 0.488. The van der Waals surface area contributed by atoms with E-state index in [9.17, 15) is 24.3 Å². The van der Waals surface area contributed by atoms with Crippen molar-refractivity contribution >= 4 is 35.2 Å². The topological polar surface area (TPSA) is 128 Å². The Morgan fingerprint density at radius 3 is 2.22 bits per heavy atom. The van der Waals surface area contributed by atoms with E-state index in [1.165, 1.54) is 4.90 Å². The number of benzene rings is 1. The van der Waals surface area contributed by atoms with E-state index >= 15 is 0 Å². The van der Waals surface area contributed by atoms with Crippen LogP contribution in [-0.2, 0) is 14.4 Å². The molecular formula is C23H34N4O5. The van der Waals surface area contributed by atoms with Crippen molar-refractivity contribution in [2.75, 3.05) is 10.2 Å². The number of para-hydroxylation sites is 2. The lowest BCUT2D eigenvalue weighted by Gasteiger charge is -2.39. The van der Waals surface area contributed by atoms with Crippen LogP contribution in [0.4, 0.5) is 16.2 Å². The summed E-state index contributed by atoms with van der Waals surface area (Å²) in [5.41, 5.74) is 1.05. The number of nitrogens with one attached hydrogen (secondary N) is 3. The van der Waals surface area contributed by atoms with Gasteiger partial charge in [0.25, 0.3) is 0 Å². The van der Waals surface area contributed by atoms with Gasteiger partial charge in [0, 0.05) is 0 Å². The van der Waals surface area contributed by atoms with Crippen molar-refractivity contribution < 1.29 is 24.3 Å². The molecule has 0 bridgehead atoms. The Morgan fingerprint density at radius 2 is 1.69 bits per heavy atom. The summed E-state index contributed by atoms with van der Waals surface area (Å²) in [6.45, 7) is 10.9. The minimum atomic E-state index is -1.12. The van der Waals surface area contributed by atoms with Gasteiger partial charge in [0.15, 0.2) is 0 Å². The summed E-state index contributed by atoms with van der Waals surface area (Å²) in [6.07, 6.45) is 0.273. The standard InChI is InChI=1S/C23H34N4O5/c1-12(2)11-16(22(30)31)25-20(28)18(13(3)4)26-23(32)27-17-10-8-7-9-15(17)24-21(29)19(27)14(5)6/h7-10,12-14,16,18-19H,11H2,1-6H3,(H,24,29)(H,25,28)(H,26,32)(H,30,31)/t16-,18+,19-/m0/s1. The van der Waals surface area contributed by atoms with Gasteiger partial charge in [-0.25, -0.2) is 9.59 Å². The normalized spacial score (nSPS) is 17.6. The predicted molar refractivity (Wildman–Crippen MR) is 122 cm³/mol. The molecule has 3 atom stereocenters. The third-order valence-electron chi connectivity index (χ3n) is 5.37. The first-order valence-corrected chi connectivity index (χ1v) is 11.0. The molecule has 32 heavy (non-hydrogen) atoms. The summed E-state index contributed by atoms with van der Waals surface area (Å²) in [7, 11) is 0. The van der Waals surface area contributed by atoms with Crippen molar-refractivity contribution in [2.24, 2.45) is 17.8 Å². The number of hydrogen-bond donors (Lipinski definition) is 4. The second-order valence-corrected chi connectivity index (χ2v) is 9.27. The molecule has 4 amide bonds. The van der Waals surface area contributed by atoms with Gasteiger partial charge in [-0.15, -0.1) is 0 Å². The first-order chi connectivity index (χ1) is 14.9. The van der Waals surface area contributed by atoms with E-state index in [0.717, 1.165) is 0 Å². The summed E-state index contributed by atoms with van der Waals surface area (Å²) < 4.78 is 0. The molecular weight excluding hydrogens is 412 g/mol. The summed E-state index contributed by atoms with van der Waals surface area (Å²) in [4.78, 5) is 52.0. The molecule has 0 spiro atoms. The number of nitrogens with zero attached hydrogens (tertiary/aromatic N) is 1. The molecule has 2 rings (SSSR count). The van der Waals surface area contributed by atoms with Crippen LogP contribution in [-0.4, -0.2) is 47.0 Å². The zero-order chi connectivity index (χ0) is 24.2. The Morgan fingerprint density at radius 1 is 1.06 bits per heavy atom. The van der Waals surface area contributed by atoms with Crippen molar-refractivity contribution in [2.45, 2.75) is 66.1 Å². The molecule has 4 N–H and O–H groups in total. The molecule has 0 aromatic heterocycles. The Labute approximate surface area is 188 Å². The number of fused-ring (bicyclic) bond motifs is 1. The Kier molecular flexibility index (Phi) is 8.24. The van der Waals surface area contributed by atoms with Crippen LogP contribution < -0.4 is 20.9 Å². The predicted octanol–water partition coefficient (Wildman–Crippen LogP) is 2.82. The van der Waals surface area contributed by atoms with Crippen molar-refractivity contribution in [3.8, 4) is 0 Å². The molecule has 0 aliphatic carbocycles. The lowest BCUT2D eigenvalue weighted by atomic mass is 9.97. The number of amides is 4. The molecule has 0 fully saturated rings. The molecule has 0 saturated heterocycles. The highest BCUT2D eigenvalue weighted by Crippen LogP contribution is 2.34. The molecule has 1 aromatic rings. The zero-order valence-corrected chi connectivity index (χ0v) is 19.5. The van der Waals surface area contributed by atoms with E-state index in [4.69, 9.17) is 0 Å². The van der Waals surface area contributed by atoms with Crippen molar-refractivity contribution in [1.82, 2.24) is 10.6 Å². The van der Waals surface area contributed by atoms with E-state index in [1.54, 1.807) is 38.1 Å². The minimum absolute atomic E-state index is 0.0682. The monoisotopic (exact) mass is 446 g/mol. The van der Waals surface area contributed by atoms with Crippen LogP contribution in [0.25, 0.3) is 0 Å². The van der Waals surface area contributed by atoms with Gasteiger partial charge in [0.05, 0.1) is 11.4 Å². The highest BCUT2D eigenvalue weighted by Gasteiger charge is 2.40. The van der Waals surface area contributed by atoms with Gasteiger partial charge in [0.2, 0.25) is 11.8 Å². The van der Waals surface area contributed by atoms with Crippen LogP contribution in [0.5, 0.6) is 0 Å². The Balaban J connectivity index is 2.30. The molecule has 176 valence electrons. The number of urea groups is 1. The smallest absolute Gasteiger partial charge is 0.326 e. The lowest BCUT2D eigenvalue weighted by Crippen LogP contribution is -2.61. The molecule has 0 saturated carbocycles. The summed E-state index contributed by atoms with van der Waals surface area (Å²) in [5, 5.41) is 17.6. The van der Waals surface area contributed by atoms with Crippen molar-refractivity contribution in [3.05, 3.63) is 24.3 Å². The highest BCUT2D eigenvalue weighted by molar-refractivity contribution is 6.12. The fourth-order valence-corrected chi connectivity index (χ4v) is 3.79. The van der Waals surface area contributed by atoms with E-state index in [-0.39, 0.29) is 30.1 Å². The summed E-state index contributed by atoms with van der Waals surface area (Å²) in [5.74, 6) is -2.41. The average Bonchev–Trinajstić information content (AvgIpc) is 2.69. The van der Waals surface area contributed by atoms with Gasteiger partial charge in [0.1, 0.15) is 18.1 Å². The number of carbonyl (C=O) groups is 4. The fraction of sp³-hybridized carbons (Fsp3) is 0.565. The summed E-state index contributed by atoms with van der Waals surface area (Å²) >= 11 is 0. The maximum Gasteiger partial charge on any atom is 0.326 e. The SMILES string of the molecule is CC(C)C[C@H](NC(=O)[C@H](NC(=O)N1c2ccccc2NC(=O)[C@@H]1C(C)C)C(C)C)C(=O)O. The molecule has 1 aliphatic heterocycles. The van der Waals surface area contributed by atoms with Crippen molar-refractivity contribution in [3.63, 3.8) is 0 Å². The van der Waals surface area contributed by atoms with Crippen LogP contribution in [0.3, 0.4) is 0 Å². The molecule has 9 nitrogen and oxygen atoms in total. The largest absolute Gasteiger partial charge is 0.480 e. The van der Waals surface area contributed by atoms with Gasteiger partial charge in [-0.1, -0.05) is 53.7 Å². The molecule has 1 aliphatic rings. The molecule has 0 unspecified atom stereocenters. The van der Waals surface area contributed by atoms with E-state index in [0.29, 0.717) is 11.4 Å². The highest BCUT2D eigenvalue weighted by atomic mass is 16.4. The van der Waals surface area contributed by atoms with Crippen LogP contribution in [0, 0.1) is 17.8 Å². The van der Waals surface area contributed by atoms with Gasteiger partial charge >= 0.3 is 12.0 Å².